The first kappa shape index (κ1) is 13.2. The molecular formula is C12H17N5O3. The molecule has 3 N–H and O–H groups in total. The summed E-state index contributed by atoms with van der Waals surface area (Å²) < 4.78 is 8.88. The Morgan fingerprint density at radius 1 is 1.40 bits per heavy atom. The Kier molecular flexibility index (Phi) is 3.51. The van der Waals surface area contributed by atoms with Crippen LogP contribution in [-0.4, -0.2) is 43.5 Å². The molecule has 108 valence electrons. The average molecular weight is 279 g/mol. The summed E-state index contributed by atoms with van der Waals surface area (Å²) in [6, 6.07) is 0. The molecular weight excluding hydrogens is 262 g/mol. The van der Waals surface area contributed by atoms with E-state index in [1.807, 2.05) is 0 Å². The molecule has 0 aliphatic carbocycles. The summed E-state index contributed by atoms with van der Waals surface area (Å²) >= 11 is 0. The Morgan fingerprint density at radius 3 is 2.95 bits per heavy atom. The smallest absolute Gasteiger partial charge is 0.281 e. The Bertz CT molecular complexity index is 665. The largest absolute Gasteiger partial charge is 0.394 e. The molecule has 3 heterocycles. The van der Waals surface area contributed by atoms with Gasteiger partial charge in [-0.05, 0) is 12.8 Å². The molecule has 1 fully saturated rings. The minimum absolute atomic E-state index is 0.000135. The maximum absolute atomic E-state index is 12.2. The molecule has 2 atom stereocenters. The third-order valence-corrected chi connectivity index (χ3v) is 3.52. The molecule has 0 unspecified atom stereocenters. The second kappa shape index (κ2) is 5.31. The van der Waals surface area contributed by atoms with Gasteiger partial charge in [0.2, 0.25) is 0 Å². The Hall–Kier alpha value is -1.77. The first-order valence-corrected chi connectivity index (χ1v) is 6.63. The van der Waals surface area contributed by atoms with Crippen LogP contribution in [0.4, 0.5) is 0 Å². The lowest BCUT2D eigenvalue weighted by molar-refractivity contribution is -0.0207. The van der Waals surface area contributed by atoms with Gasteiger partial charge in [0.1, 0.15) is 12.6 Å². The maximum Gasteiger partial charge on any atom is 0.281 e. The van der Waals surface area contributed by atoms with Gasteiger partial charge < -0.3 is 15.6 Å². The normalized spacial score (nSPS) is 22.7. The third kappa shape index (κ3) is 2.11. The van der Waals surface area contributed by atoms with Crippen LogP contribution in [0.15, 0.2) is 17.4 Å². The highest BCUT2D eigenvalue weighted by Gasteiger charge is 2.27. The van der Waals surface area contributed by atoms with Crippen molar-refractivity contribution in [3.8, 4) is 0 Å². The van der Waals surface area contributed by atoms with E-state index in [4.69, 9.17) is 15.6 Å². The van der Waals surface area contributed by atoms with Crippen molar-refractivity contribution in [1.29, 1.82) is 0 Å². The molecule has 2 aromatic rings. The Morgan fingerprint density at radius 2 is 2.25 bits per heavy atom. The fourth-order valence-corrected chi connectivity index (χ4v) is 2.48. The molecule has 0 saturated carbocycles. The van der Waals surface area contributed by atoms with E-state index in [1.165, 1.54) is 10.9 Å². The number of rotatable bonds is 4. The van der Waals surface area contributed by atoms with E-state index in [0.717, 1.165) is 12.8 Å². The highest BCUT2D eigenvalue weighted by atomic mass is 16.5. The zero-order valence-corrected chi connectivity index (χ0v) is 11.0. The quantitative estimate of drug-likeness (QED) is 0.760. The fourth-order valence-electron chi connectivity index (χ4n) is 2.48. The zero-order chi connectivity index (χ0) is 14.1. The van der Waals surface area contributed by atoms with Gasteiger partial charge in [-0.15, -0.1) is 0 Å². The first-order valence-electron chi connectivity index (χ1n) is 6.63. The number of nitrogens with zero attached hydrogens (tertiary/aromatic N) is 4. The number of aliphatic hydroxyl groups is 1. The summed E-state index contributed by atoms with van der Waals surface area (Å²) in [5.74, 6) is 0. The predicted octanol–water partition coefficient (Wildman–Crippen LogP) is -0.778. The molecule has 20 heavy (non-hydrogen) atoms. The van der Waals surface area contributed by atoms with E-state index < -0.39 is 0 Å². The van der Waals surface area contributed by atoms with Crippen LogP contribution in [0.3, 0.4) is 0 Å². The van der Waals surface area contributed by atoms with Gasteiger partial charge in [0.05, 0.1) is 19.0 Å². The number of nitrogens with two attached hydrogens (primary N) is 1. The molecule has 0 radical (unpaired) electrons. The molecule has 0 aromatic carbocycles. The number of fused-ring (bicyclic) bond motifs is 1. The van der Waals surface area contributed by atoms with E-state index in [0.29, 0.717) is 24.3 Å². The lowest BCUT2D eigenvalue weighted by Crippen LogP contribution is -2.24. The second-order valence-corrected chi connectivity index (χ2v) is 4.83. The van der Waals surface area contributed by atoms with Gasteiger partial charge in [0.25, 0.3) is 5.56 Å². The van der Waals surface area contributed by atoms with Crippen molar-refractivity contribution < 1.29 is 9.84 Å². The summed E-state index contributed by atoms with van der Waals surface area (Å²) in [6.45, 7) is 0.790. The topological polar surface area (TPSA) is 108 Å². The maximum atomic E-state index is 12.2. The molecule has 8 heteroatoms. The van der Waals surface area contributed by atoms with Crippen LogP contribution in [0.2, 0.25) is 0 Å². The lowest BCUT2D eigenvalue weighted by atomic mass is 10.2. The van der Waals surface area contributed by atoms with Crippen molar-refractivity contribution in [3.05, 3.63) is 23.0 Å². The van der Waals surface area contributed by atoms with E-state index >= 15 is 0 Å². The molecule has 3 rings (SSSR count). The first-order chi connectivity index (χ1) is 9.74. The number of imidazole rings is 1. The molecule has 0 bridgehead atoms. The molecule has 2 aromatic heterocycles. The fraction of sp³-hybridized carbons (Fsp3) is 0.583. The van der Waals surface area contributed by atoms with Crippen LogP contribution in [0.1, 0.15) is 19.1 Å². The summed E-state index contributed by atoms with van der Waals surface area (Å²) in [5.41, 5.74) is 6.08. The van der Waals surface area contributed by atoms with Gasteiger partial charge >= 0.3 is 0 Å². The van der Waals surface area contributed by atoms with Gasteiger partial charge in [0.15, 0.2) is 11.2 Å². The van der Waals surface area contributed by atoms with Crippen LogP contribution in [0.25, 0.3) is 11.2 Å². The Labute approximate surface area is 114 Å². The monoisotopic (exact) mass is 279 g/mol. The predicted molar refractivity (Wildman–Crippen MR) is 71.1 cm³/mol. The molecule has 1 aliphatic heterocycles. The van der Waals surface area contributed by atoms with Crippen molar-refractivity contribution >= 4 is 11.2 Å². The lowest BCUT2D eigenvalue weighted by Gasteiger charge is -2.13. The van der Waals surface area contributed by atoms with Crippen molar-refractivity contribution in [1.82, 2.24) is 19.1 Å². The van der Waals surface area contributed by atoms with E-state index in [-0.39, 0.29) is 24.5 Å². The van der Waals surface area contributed by atoms with Gasteiger partial charge in [0, 0.05) is 13.1 Å². The van der Waals surface area contributed by atoms with Gasteiger partial charge in [-0.2, -0.15) is 0 Å². The van der Waals surface area contributed by atoms with Crippen LogP contribution >= 0.6 is 0 Å². The van der Waals surface area contributed by atoms with Crippen molar-refractivity contribution in [2.75, 3.05) is 13.2 Å². The van der Waals surface area contributed by atoms with E-state index in [1.54, 1.807) is 10.9 Å². The van der Waals surface area contributed by atoms with Crippen molar-refractivity contribution in [3.63, 3.8) is 0 Å². The van der Waals surface area contributed by atoms with Crippen LogP contribution in [0.5, 0.6) is 0 Å². The highest BCUT2D eigenvalue weighted by Crippen LogP contribution is 2.29. The summed E-state index contributed by atoms with van der Waals surface area (Å²) in [6.07, 6.45) is 4.21. The van der Waals surface area contributed by atoms with Crippen molar-refractivity contribution in [2.45, 2.75) is 31.7 Å². The number of hydrogen-bond acceptors (Lipinski definition) is 6. The molecule has 0 spiro atoms. The van der Waals surface area contributed by atoms with Gasteiger partial charge in [-0.25, -0.2) is 9.97 Å². The number of aliphatic hydroxyl groups excluding tert-OH is 1. The van der Waals surface area contributed by atoms with Crippen molar-refractivity contribution in [2.24, 2.45) is 5.73 Å². The van der Waals surface area contributed by atoms with E-state index in [2.05, 4.69) is 9.97 Å². The minimum Gasteiger partial charge on any atom is -0.394 e. The van der Waals surface area contributed by atoms with Crippen LogP contribution in [0, 0.1) is 0 Å². The standard InChI is InChI=1S/C12H17N5O3/c13-3-4-16-6-15-11-10(12(16)19)14-7-17(11)9-2-1-8(5-18)20-9/h6-9,18H,1-5,13H2/t8-,9+/m0/s1. The Balaban J connectivity index is 1.98. The average Bonchev–Trinajstić information content (AvgIpc) is 3.08. The summed E-state index contributed by atoms with van der Waals surface area (Å²) in [5, 5.41) is 9.10. The number of ether oxygens (including phenoxy) is 1. The highest BCUT2D eigenvalue weighted by molar-refractivity contribution is 5.69. The second-order valence-electron chi connectivity index (χ2n) is 4.83. The van der Waals surface area contributed by atoms with E-state index in [9.17, 15) is 4.79 Å². The minimum atomic E-state index is -0.227. The number of hydrogen-bond donors (Lipinski definition) is 2. The zero-order valence-electron chi connectivity index (χ0n) is 11.0. The SMILES string of the molecule is NCCn1cnc2c(ncn2[C@H]2CC[C@@H](CO)O2)c1=O. The molecule has 8 nitrogen and oxygen atoms in total. The van der Waals surface area contributed by atoms with Gasteiger partial charge in [-0.1, -0.05) is 0 Å². The van der Waals surface area contributed by atoms with Crippen LogP contribution in [-0.2, 0) is 11.3 Å². The van der Waals surface area contributed by atoms with Crippen LogP contribution < -0.4 is 11.3 Å². The molecule has 1 saturated heterocycles. The number of aromatic nitrogens is 4. The molecule has 0 amide bonds. The molecule has 1 aliphatic rings. The van der Waals surface area contributed by atoms with Gasteiger partial charge in [-0.3, -0.25) is 13.9 Å². The summed E-state index contributed by atoms with van der Waals surface area (Å²) in [4.78, 5) is 20.6. The third-order valence-electron chi connectivity index (χ3n) is 3.52. The summed E-state index contributed by atoms with van der Waals surface area (Å²) in [7, 11) is 0.